The molecule has 0 unspecified atom stereocenters. The molecule has 3 aromatic rings. The maximum Gasteiger partial charge on any atom is 0.267 e. The van der Waals surface area contributed by atoms with Crippen molar-refractivity contribution in [1.29, 1.82) is 0 Å². The van der Waals surface area contributed by atoms with Gasteiger partial charge in [-0.05, 0) is 45.4 Å². The van der Waals surface area contributed by atoms with Crippen molar-refractivity contribution in [2.75, 3.05) is 6.54 Å². The number of carbonyl (C=O) groups is 1. The Balaban J connectivity index is 1.70. The van der Waals surface area contributed by atoms with Gasteiger partial charge in [-0.15, -0.1) is 11.3 Å². The summed E-state index contributed by atoms with van der Waals surface area (Å²) in [7, 11) is 0. The first-order valence-corrected chi connectivity index (χ1v) is 9.14. The third kappa shape index (κ3) is 3.37. The van der Waals surface area contributed by atoms with Gasteiger partial charge in [0.05, 0.1) is 5.39 Å². The van der Waals surface area contributed by atoms with Crippen molar-refractivity contribution in [1.82, 2.24) is 19.9 Å². The largest absolute Gasteiger partial charge is 0.350 e. The van der Waals surface area contributed by atoms with Crippen molar-refractivity contribution < 1.29 is 4.79 Å². The van der Waals surface area contributed by atoms with Gasteiger partial charge in [0, 0.05) is 30.1 Å². The first kappa shape index (κ1) is 17.4. The molecule has 6 nitrogen and oxygen atoms in total. The zero-order valence-electron chi connectivity index (χ0n) is 14.8. The summed E-state index contributed by atoms with van der Waals surface area (Å²) in [5.74, 6) is 0.475. The first-order valence-electron chi connectivity index (χ1n) is 8.32. The van der Waals surface area contributed by atoms with Gasteiger partial charge in [0.1, 0.15) is 16.3 Å². The van der Waals surface area contributed by atoms with Gasteiger partial charge in [-0.3, -0.25) is 9.59 Å². The molecule has 3 rings (SSSR count). The van der Waals surface area contributed by atoms with Crippen LogP contribution in [0.15, 0.2) is 23.1 Å². The second-order valence-corrected chi connectivity index (χ2v) is 7.58. The molecule has 7 heteroatoms. The van der Waals surface area contributed by atoms with E-state index in [1.165, 1.54) is 11.3 Å². The number of carbonyl (C=O) groups excluding carboxylic acids is 1. The van der Waals surface area contributed by atoms with E-state index in [0.29, 0.717) is 29.9 Å². The van der Waals surface area contributed by atoms with E-state index in [-0.39, 0.29) is 17.5 Å². The van der Waals surface area contributed by atoms with E-state index in [4.69, 9.17) is 0 Å². The summed E-state index contributed by atoms with van der Waals surface area (Å²) in [6, 6.07) is 3.89. The van der Waals surface area contributed by atoms with Crippen molar-refractivity contribution >= 4 is 27.5 Å². The van der Waals surface area contributed by atoms with Crippen LogP contribution in [0.1, 0.15) is 46.6 Å². The summed E-state index contributed by atoms with van der Waals surface area (Å²) in [4.78, 5) is 33.8. The number of hydrogen-bond acceptors (Lipinski definition) is 4. The Morgan fingerprint density at radius 3 is 2.88 bits per heavy atom. The molecule has 0 spiro atoms. The molecule has 0 bridgehead atoms. The molecule has 0 aromatic carbocycles. The number of rotatable bonds is 5. The highest BCUT2D eigenvalue weighted by Crippen LogP contribution is 2.25. The quantitative estimate of drug-likeness (QED) is 0.736. The maximum absolute atomic E-state index is 12.3. The fraction of sp³-hybridized carbons (Fsp3) is 0.389. The van der Waals surface area contributed by atoms with Crippen molar-refractivity contribution in [3.63, 3.8) is 0 Å². The normalized spacial score (nSPS) is 11.4. The summed E-state index contributed by atoms with van der Waals surface area (Å²) < 4.78 is 1.93. The molecule has 0 saturated carbocycles. The van der Waals surface area contributed by atoms with Gasteiger partial charge in [0.15, 0.2) is 0 Å². The topological polar surface area (TPSA) is 79.8 Å². The van der Waals surface area contributed by atoms with E-state index in [1.54, 1.807) is 6.07 Å². The predicted molar refractivity (Wildman–Crippen MR) is 101 cm³/mol. The number of hydrogen-bond donors (Lipinski definition) is 2. The van der Waals surface area contributed by atoms with Crippen LogP contribution in [0.4, 0.5) is 0 Å². The number of aromatic amines is 1. The Bertz CT molecular complexity index is 981. The molecule has 2 N–H and O–H groups in total. The minimum absolute atomic E-state index is 0.109. The Labute approximate surface area is 149 Å². The van der Waals surface area contributed by atoms with E-state index in [1.807, 2.05) is 44.5 Å². The zero-order chi connectivity index (χ0) is 18.1. The smallest absolute Gasteiger partial charge is 0.267 e. The minimum atomic E-state index is -0.120. The second kappa shape index (κ2) is 6.84. The van der Waals surface area contributed by atoms with E-state index >= 15 is 0 Å². The molecule has 25 heavy (non-hydrogen) atoms. The molecule has 0 aliphatic rings. The minimum Gasteiger partial charge on any atom is -0.350 e. The van der Waals surface area contributed by atoms with Crippen LogP contribution in [0, 0.1) is 13.8 Å². The average Bonchev–Trinajstić information content (AvgIpc) is 3.13. The molecule has 0 aliphatic carbocycles. The Kier molecular flexibility index (Phi) is 4.76. The Hall–Kier alpha value is -2.41. The molecular formula is C18H22N4O2S. The lowest BCUT2D eigenvalue weighted by Gasteiger charge is -2.12. The Morgan fingerprint density at radius 1 is 1.40 bits per heavy atom. The SMILES string of the molecule is Cc1sc2nc(CCNC(=O)c3cccn3C(C)C)[nH]c(=O)c2c1C. The van der Waals surface area contributed by atoms with Gasteiger partial charge in [-0.25, -0.2) is 4.98 Å². The number of fused-ring (bicyclic) bond motifs is 1. The van der Waals surface area contributed by atoms with Crippen LogP contribution in [0.3, 0.4) is 0 Å². The van der Waals surface area contributed by atoms with E-state index in [0.717, 1.165) is 15.3 Å². The standard InChI is InChI=1S/C18H22N4O2S/c1-10(2)22-9-5-6-13(22)16(23)19-8-7-14-20-17(24)15-11(3)12(4)25-18(15)21-14/h5-6,9-10H,7-8H2,1-4H3,(H,19,23)(H,20,21,24). The monoisotopic (exact) mass is 358 g/mol. The Morgan fingerprint density at radius 2 is 2.16 bits per heavy atom. The van der Waals surface area contributed by atoms with Crippen molar-refractivity contribution in [3.8, 4) is 0 Å². The predicted octanol–water partition coefficient (Wildman–Crippen LogP) is 2.96. The van der Waals surface area contributed by atoms with Crippen LogP contribution in [0.25, 0.3) is 10.2 Å². The van der Waals surface area contributed by atoms with Gasteiger partial charge >= 0.3 is 0 Å². The third-order valence-electron chi connectivity index (χ3n) is 4.30. The lowest BCUT2D eigenvalue weighted by molar-refractivity contribution is 0.0943. The molecule has 3 aromatic heterocycles. The molecule has 0 atom stereocenters. The molecule has 3 heterocycles. The van der Waals surface area contributed by atoms with E-state index in [9.17, 15) is 9.59 Å². The summed E-state index contributed by atoms with van der Waals surface area (Å²) in [6.45, 7) is 8.41. The van der Waals surface area contributed by atoms with Gasteiger partial charge in [0.25, 0.3) is 11.5 Å². The highest BCUT2D eigenvalue weighted by molar-refractivity contribution is 7.18. The molecular weight excluding hydrogens is 336 g/mol. The summed E-state index contributed by atoms with van der Waals surface area (Å²) in [5.41, 5.74) is 1.52. The number of nitrogens with one attached hydrogen (secondary N) is 2. The molecule has 132 valence electrons. The van der Waals surface area contributed by atoms with Crippen molar-refractivity contribution in [3.05, 3.63) is 50.6 Å². The third-order valence-corrected chi connectivity index (χ3v) is 5.40. The zero-order valence-corrected chi connectivity index (χ0v) is 15.7. The summed E-state index contributed by atoms with van der Waals surface area (Å²) in [5, 5.41) is 3.57. The van der Waals surface area contributed by atoms with E-state index in [2.05, 4.69) is 15.3 Å². The molecule has 0 radical (unpaired) electrons. The van der Waals surface area contributed by atoms with Gasteiger partial charge < -0.3 is 14.9 Å². The number of nitrogens with zero attached hydrogens (tertiary/aromatic N) is 2. The number of amides is 1. The van der Waals surface area contributed by atoms with Crippen LogP contribution < -0.4 is 10.9 Å². The maximum atomic E-state index is 12.3. The molecule has 0 fully saturated rings. The lowest BCUT2D eigenvalue weighted by atomic mass is 10.2. The van der Waals surface area contributed by atoms with Crippen LogP contribution in [-0.4, -0.2) is 27.0 Å². The van der Waals surface area contributed by atoms with Crippen LogP contribution >= 0.6 is 11.3 Å². The van der Waals surface area contributed by atoms with Gasteiger partial charge in [-0.1, -0.05) is 0 Å². The van der Waals surface area contributed by atoms with Gasteiger partial charge in [-0.2, -0.15) is 0 Å². The van der Waals surface area contributed by atoms with Crippen LogP contribution in [0.2, 0.25) is 0 Å². The number of H-pyrrole nitrogens is 1. The van der Waals surface area contributed by atoms with Crippen molar-refractivity contribution in [2.24, 2.45) is 0 Å². The fourth-order valence-electron chi connectivity index (χ4n) is 2.84. The molecule has 0 aliphatic heterocycles. The molecule has 1 amide bonds. The number of thiophene rings is 1. The number of aryl methyl sites for hydroxylation is 2. The molecule has 0 saturated heterocycles. The second-order valence-electron chi connectivity index (χ2n) is 6.38. The summed E-state index contributed by atoms with van der Waals surface area (Å²) >= 11 is 1.53. The van der Waals surface area contributed by atoms with Crippen LogP contribution in [0.5, 0.6) is 0 Å². The van der Waals surface area contributed by atoms with E-state index < -0.39 is 0 Å². The fourth-order valence-corrected chi connectivity index (χ4v) is 3.89. The highest BCUT2D eigenvalue weighted by atomic mass is 32.1. The lowest BCUT2D eigenvalue weighted by Crippen LogP contribution is -2.29. The average molecular weight is 358 g/mol. The van der Waals surface area contributed by atoms with Gasteiger partial charge in [0.2, 0.25) is 0 Å². The highest BCUT2D eigenvalue weighted by Gasteiger charge is 2.14. The number of aromatic nitrogens is 3. The van der Waals surface area contributed by atoms with Crippen molar-refractivity contribution in [2.45, 2.75) is 40.2 Å². The van der Waals surface area contributed by atoms with Crippen LogP contribution in [-0.2, 0) is 6.42 Å². The first-order chi connectivity index (χ1) is 11.9. The summed E-state index contributed by atoms with van der Waals surface area (Å²) in [6.07, 6.45) is 2.38.